The van der Waals surface area contributed by atoms with Crippen LogP contribution in [0.5, 0.6) is 5.75 Å². The summed E-state index contributed by atoms with van der Waals surface area (Å²) in [5.41, 5.74) is 2.55. The van der Waals surface area contributed by atoms with Gasteiger partial charge in [0, 0.05) is 29.5 Å². The van der Waals surface area contributed by atoms with Crippen molar-refractivity contribution in [3.05, 3.63) is 55.0 Å². The second kappa shape index (κ2) is 6.95. The molecule has 0 fully saturated rings. The summed E-state index contributed by atoms with van der Waals surface area (Å²) in [6.07, 6.45) is 0.0920. The highest BCUT2D eigenvalue weighted by atomic mass is 19.4. The number of benzene rings is 1. The Bertz CT molecular complexity index is 852. The van der Waals surface area contributed by atoms with Crippen molar-refractivity contribution >= 4 is 16.9 Å². The highest BCUT2D eigenvalue weighted by Gasteiger charge is 2.38. The van der Waals surface area contributed by atoms with Gasteiger partial charge in [0.05, 0.1) is 0 Å². The van der Waals surface area contributed by atoms with E-state index in [2.05, 4.69) is 9.97 Å². The highest BCUT2D eigenvalue weighted by Crippen LogP contribution is 2.29. The Balaban J connectivity index is 0.000000256. The molecule has 0 aliphatic rings. The number of phenolic OH excluding ortho intramolecular Hbond substituents is 1. The molecule has 5 nitrogen and oxygen atoms in total. The number of pyridine rings is 2. The van der Waals surface area contributed by atoms with Crippen LogP contribution >= 0.6 is 0 Å². The molecule has 2 N–H and O–H groups in total. The Kier molecular flexibility index (Phi) is 4.98. The van der Waals surface area contributed by atoms with E-state index in [1.54, 1.807) is 24.7 Å². The lowest BCUT2D eigenvalue weighted by atomic mass is 10.0. The molecule has 8 heteroatoms. The number of alkyl halides is 3. The third-order valence-electron chi connectivity index (χ3n) is 2.92. The second-order valence-electron chi connectivity index (χ2n) is 4.62. The topological polar surface area (TPSA) is 83.3 Å². The zero-order chi connectivity index (χ0) is 17.7. The first-order valence-corrected chi connectivity index (χ1v) is 6.57. The van der Waals surface area contributed by atoms with Crippen LogP contribution in [-0.4, -0.2) is 32.3 Å². The minimum absolute atomic E-state index is 0.196. The molecule has 2 heterocycles. The summed E-state index contributed by atoms with van der Waals surface area (Å²) >= 11 is 0. The predicted molar refractivity (Wildman–Crippen MR) is 80.3 cm³/mol. The average Bonchev–Trinajstić information content (AvgIpc) is 2.55. The van der Waals surface area contributed by atoms with Crippen LogP contribution in [0.3, 0.4) is 0 Å². The molecule has 0 radical (unpaired) electrons. The highest BCUT2D eigenvalue weighted by molar-refractivity contribution is 5.89. The second-order valence-corrected chi connectivity index (χ2v) is 4.62. The van der Waals surface area contributed by atoms with Crippen molar-refractivity contribution in [3.8, 4) is 16.9 Å². The normalized spacial score (nSPS) is 10.8. The van der Waals surface area contributed by atoms with E-state index in [1.807, 2.05) is 30.3 Å². The molecule has 0 saturated heterocycles. The zero-order valence-electron chi connectivity index (χ0n) is 12.0. The van der Waals surface area contributed by atoms with Crippen molar-refractivity contribution in [2.75, 3.05) is 0 Å². The monoisotopic (exact) mass is 336 g/mol. The Morgan fingerprint density at radius 1 is 1.04 bits per heavy atom. The van der Waals surface area contributed by atoms with E-state index in [-0.39, 0.29) is 5.75 Å². The van der Waals surface area contributed by atoms with Crippen LogP contribution in [0.1, 0.15) is 0 Å². The van der Waals surface area contributed by atoms with Gasteiger partial charge in [0.2, 0.25) is 0 Å². The van der Waals surface area contributed by atoms with E-state index in [0.717, 1.165) is 16.5 Å². The molecule has 3 aromatic rings. The van der Waals surface area contributed by atoms with Gasteiger partial charge >= 0.3 is 12.1 Å². The number of carbonyl (C=O) groups is 1. The van der Waals surface area contributed by atoms with Gasteiger partial charge in [0.1, 0.15) is 11.3 Å². The van der Waals surface area contributed by atoms with Gasteiger partial charge < -0.3 is 10.2 Å². The van der Waals surface area contributed by atoms with Crippen LogP contribution in [0.25, 0.3) is 22.0 Å². The lowest BCUT2D eigenvalue weighted by molar-refractivity contribution is -0.192. The number of halogens is 3. The number of nitrogens with zero attached hydrogens (tertiary/aromatic N) is 2. The maximum absolute atomic E-state index is 10.6. The van der Waals surface area contributed by atoms with E-state index >= 15 is 0 Å². The Morgan fingerprint density at radius 2 is 1.71 bits per heavy atom. The molecule has 0 bridgehead atoms. The summed E-state index contributed by atoms with van der Waals surface area (Å²) in [6.45, 7) is 0. The minimum Gasteiger partial charge on any atom is -0.506 e. The SMILES string of the molecule is O=C(O)C(F)(F)F.Oc1cc(-c2cccnc2)cc2cccnc12. The number of phenols is 1. The fourth-order valence-electron chi connectivity index (χ4n) is 1.87. The van der Waals surface area contributed by atoms with Gasteiger partial charge in [-0.1, -0.05) is 12.1 Å². The fraction of sp³-hybridized carbons (Fsp3) is 0.0625. The van der Waals surface area contributed by atoms with E-state index in [4.69, 9.17) is 9.90 Å². The van der Waals surface area contributed by atoms with E-state index in [1.165, 1.54) is 0 Å². The molecular weight excluding hydrogens is 325 g/mol. The number of hydrogen-bond acceptors (Lipinski definition) is 4. The van der Waals surface area contributed by atoms with Gasteiger partial charge in [-0.15, -0.1) is 0 Å². The largest absolute Gasteiger partial charge is 0.506 e. The maximum Gasteiger partial charge on any atom is 0.490 e. The lowest BCUT2D eigenvalue weighted by Gasteiger charge is -2.05. The third-order valence-corrected chi connectivity index (χ3v) is 2.92. The smallest absolute Gasteiger partial charge is 0.490 e. The van der Waals surface area contributed by atoms with E-state index in [0.29, 0.717) is 5.52 Å². The fourth-order valence-corrected chi connectivity index (χ4v) is 1.87. The summed E-state index contributed by atoms with van der Waals surface area (Å²) in [6, 6.07) is 11.3. The Morgan fingerprint density at radius 3 is 2.29 bits per heavy atom. The molecule has 0 aliphatic heterocycles. The number of fused-ring (bicyclic) bond motifs is 1. The number of carboxylic acid groups (broad SMARTS) is 1. The molecular formula is C16H11F3N2O3. The molecule has 24 heavy (non-hydrogen) atoms. The Labute approximate surface area is 134 Å². The molecule has 124 valence electrons. The van der Waals surface area contributed by atoms with Crippen LogP contribution in [0.4, 0.5) is 13.2 Å². The van der Waals surface area contributed by atoms with Crippen LogP contribution < -0.4 is 0 Å². The van der Waals surface area contributed by atoms with Gasteiger partial charge in [-0.05, 0) is 29.8 Å². The number of aliphatic carboxylic acids is 1. The van der Waals surface area contributed by atoms with Crippen molar-refractivity contribution in [1.29, 1.82) is 0 Å². The molecule has 0 spiro atoms. The number of aromatic nitrogens is 2. The first-order chi connectivity index (χ1) is 11.3. The summed E-state index contributed by atoms with van der Waals surface area (Å²) in [4.78, 5) is 17.1. The van der Waals surface area contributed by atoms with Crippen molar-refractivity contribution in [1.82, 2.24) is 9.97 Å². The van der Waals surface area contributed by atoms with E-state index in [9.17, 15) is 18.3 Å². The summed E-state index contributed by atoms with van der Waals surface area (Å²) in [5.74, 6) is -2.56. The standard InChI is InChI=1S/C14H10N2O.C2HF3O2/c17-13-8-12(11-4-1-5-15-9-11)7-10-3-2-6-16-14(10)13;3-2(4,5)1(6)7/h1-9,17H;(H,6,7). The predicted octanol–water partition coefficient (Wildman–Crippen LogP) is 3.64. The minimum atomic E-state index is -5.08. The number of aromatic hydroxyl groups is 1. The van der Waals surface area contributed by atoms with Crippen LogP contribution in [0.15, 0.2) is 55.0 Å². The van der Waals surface area contributed by atoms with Gasteiger partial charge in [0.25, 0.3) is 0 Å². The number of hydrogen-bond donors (Lipinski definition) is 2. The van der Waals surface area contributed by atoms with Gasteiger partial charge in [-0.25, -0.2) is 4.79 Å². The maximum atomic E-state index is 10.6. The summed E-state index contributed by atoms with van der Waals surface area (Å²) < 4.78 is 31.7. The van der Waals surface area contributed by atoms with E-state index < -0.39 is 12.1 Å². The van der Waals surface area contributed by atoms with Gasteiger partial charge in [-0.2, -0.15) is 13.2 Å². The first kappa shape index (κ1) is 17.2. The molecule has 0 amide bonds. The third kappa shape index (κ3) is 4.19. The lowest BCUT2D eigenvalue weighted by Crippen LogP contribution is -2.21. The summed E-state index contributed by atoms with van der Waals surface area (Å²) in [7, 11) is 0. The Hall–Kier alpha value is -3.16. The molecule has 0 aliphatic carbocycles. The molecule has 3 rings (SSSR count). The zero-order valence-corrected chi connectivity index (χ0v) is 12.0. The average molecular weight is 336 g/mol. The quantitative estimate of drug-likeness (QED) is 0.709. The first-order valence-electron chi connectivity index (χ1n) is 6.57. The van der Waals surface area contributed by atoms with Crippen molar-refractivity contribution in [3.63, 3.8) is 0 Å². The van der Waals surface area contributed by atoms with Crippen LogP contribution in [0.2, 0.25) is 0 Å². The van der Waals surface area contributed by atoms with Crippen molar-refractivity contribution in [2.24, 2.45) is 0 Å². The molecule has 2 aromatic heterocycles. The van der Waals surface area contributed by atoms with Gasteiger partial charge in [-0.3, -0.25) is 9.97 Å². The summed E-state index contributed by atoms with van der Waals surface area (Å²) in [5, 5.41) is 18.0. The molecule has 1 aromatic carbocycles. The van der Waals surface area contributed by atoms with Crippen LogP contribution in [0, 0.1) is 0 Å². The number of rotatable bonds is 1. The van der Waals surface area contributed by atoms with Gasteiger partial charge in [0.15, 0.2) is 0 Å². The molecule has 0 unspecified atom stereocenters. The van der Waals surface area contributed by atoms with Crippen molar-refractivity contribution in [2.45, 2.75) is 6.18 Å². The molecule has 0 atom stereocenters. The van der Waals surface area contributed by atoms with Crippen LogP contribution in [-0.2, 0) is 4.79 Å². The van der Waals surface area contributed by atoms with Crippen molar-refractivity contribution < 1.29 is 28.2 Å². The molecule has 0 saturated carbocycles. The number of carboxylic acids is 1.